The number of benzene rings is 2. The van der Waals surface area contributed by atoms with E-state index >= 15 is 0 Å². The molecule has 0 amide bonds. The van der Waals surface area contributed by atoms with Crippen LogP contribution in [0.3, 0.4) is 0 Å². The van der Waals surface area contributed by atoms with E-state index in [2.05, 4.69) is 15.5 Å². The number of aryl methyl sites for hydroxylation is 1. The predicted molar refractivity (Wildman–Crippen MR) is 130 cm³/mol. The van der Waals surface area contributed by atoms with Gasteiger partial charge in [0.15, 0.2) is 16.6 Å². The maximum atomic E-state index is 6.36. The van der Waals surface area contributed by atoms with Crippen LogP contribution >= 0.6 is 23.8 Å². The van der Waals surface area contributed by atoms with E-state index in [1.807, 2.05) is 37.3 Å². The Bertz CT molecular complexity index is 892. The van der Waals surface area contributed by atoms with E-state index in [9.17, 15) is 0 Å². The molecule has 0 aliphatic carbocycles. The Hall–Kier alpha value is -2.22. The Labute approximate surface area is 194 Å². The lowest BCUT2D eigenvalue weighted by atomic mass is 10.0. The van der Waals surface area contributed by atoms with E-state index in [1.54, 1.807) is 21.3 Å². The van der Waals surface area contributed by atoms with Crippen molar-refractivity contribution in [3.05, 3.63) is 46.5 Å². The van der Waals surface area contributed by atoms with Gasteiger partial charge in [0.05, 0.1) is 32.0 Å². The molecule has 1 heterocycles. The average molecular weight is 464 g/mol. The summed E-state index contributed by atoms with van der Waals surface area (Å²) in [5.74, 6) is 1.98. The number of hydrogen-bond acceptors (Lipinski definition) is 5. The summed E-state index contributed by atoms with van der Waals surface area (Å²) in [7, 11) is 4.89. The van der Waals surface area contributed by atoms with Gasteiger partial charge in [-0.25, -0.2) is 0 Å². The highest BCUT2D eigenvalue weighted by Gasteiger charge is 2.21. The fourth-order valence-electron chi connectivity index (χ4n) is 3.81. The zero-order valence-corrected chi connectivity index (χ0v) is 20.0. The van der Waals surface area contributed by atoms with Gasteiger partial charge in [-0.15, -0.1) is 0 Å². The summed E-state index contributed by atoms with van der Waals surface area (Å²) in [6.07, 6.45) is 2.02. The summed E-state index contributed by atoms with van der Waals surface area (Å²) >= 11 is 11.9. The van der Waals surface area contributed by atoms with Crippen LogP contribution in [0.2, 0.25) is 5.02 Å². The van der Waals surface area contributed by atoms with E-state index in [0.717, 1.165) is 49.3 Å². The van der Waals surface area contributed by atoms with Gasteiger partial charge in [-0.1, -0.05) is 23.7 Å². The van der Waals surface area contributed by atoms with Gasteiger partial charge in [-0.3, -0.25) is 4.90 Å². The van der Waals surface area contributed by atoms with Gasteiger partial charge in [0.1, 0.15) is 0 Å². The SMILES string of the molecule is COc1cc(CN2CCC(NC(=S)Nc3cccc(C)c3Cl)CC2)cc(OC)c1OC. The lowest BCUT2D eigenvalue weighted by molar-refractivity contribution is 0.198. The molecule has 1 saturated heterocycles. The Morgan fingerprint density at radius 2 is 1.74 bits per heavy atom. The Kier molecular flexibility index (Phi) is 8.23. The van der Waals surface area contributed by atoms with Gasteiger partial charge in [0, 0.05) is 25.7 Å². The Morgan fingerprint density at radius 1 is 1.10 bits per heavy atom. The molecule has 6 nitrogen and oxygen atoms in total. The molecule has 0 saturated carbocycles. The third kappa shape index (κ3) is 5.93. The maximum absolute atomic E-state index is 6.36. The summed E-state index contributed by atoms with van der Waals surface area (Å²) in [5, 5.41) is 7.96. The average Bonchev–Trinajstić information content (AvgIpc) is 2.77. The number of likely N-dealkylation sites (tertiary alicyclic amines) is 1. The van der Waals surface area contributed by atoms with Gasteiger partial charge >= 0.3 is 0 Å². The standard InChI is InChI=1S/C23H30ClN3O3S/c1-15-6-5-7-18(21(15)24)26-23(31)25-17-8-10-27(11-9-17)14-16-12-19(28-2)22(30-4)20(13-16)29-3/h5-7,12-13,17H,8-11,14H2,1-4H3,(H2,25,26,31). The first kappa shape index (κ1) is 23.4. The van der Waals surface area contributed by atoms with Gasteiger partial charge in [-0.05, 0) is 61.3 Å². The molecule has 1 aliphatic heterocycles. The topological polar surface area (TPSA) is 55.0 Å². The van der Waals surface area contributed by atoms with Crippen LogP contribution in [0.1, 0.15) is 24.0 Å². The van der Waals surface area contributed by atoms with Crippen LogP contribution < -0.4 is 24.8 Å². The number of hydrogen-bond donors (Lipinski definition) is 2. The third-order valence-corrected chi connectivity index (χ3v) is 6.22. The number of ether oxygens (including phenoxy) is 3. The van der Waals surface area contributed by atoms with Gasteiger partial charge < -0.3 is 24.8 Å². The number of halogens is 1. The summed E-state index contributed by atoms with van der Waals surface area (Å²) < 4.78 is 16.4. The minimum absolute atomic E-state index is 0.333. The highest BCUT2D eigenvalue weighted by atomic mass is 35.5. The number of nitrogens with zero attached hydrogens (tertiary/aromatic N) is 1. The van der Waals surface area contributed by atoms with Crippen molar-refractivity contribution in [1.29, 1.82) is 0 Å². The van der Waals surface area contributed by atoms with Gasteiger partial charge in [-0.2, -0.15) is 0 Å². The fraction of sp³-hybridized carbons (Fsp3) is 0.435. The van der Waals surface area contributed by atoms with Crippen LogP contribution in [-0.2, 0) is 6.54 Å². The number of thiocarbonyl (C=S) groups is 1. The first-order valence-corrected chi connectivity index (χ1v) is 11.1. The monoisotopic (exact) mass is 463 g/mol. The number of nitrogens with one attached hydrogen (secondary N) is 2. The fourth-order valence-corrected chi connectivity index (χ4v) is 4.26. The molecule has 31 heavy (non-hydrogen) atoms. The van der Waals surface area contributed by atoms with Gasteiger partial charge in [0.25, 0.3) is 0 Å². The molecule has 0 radical (unpaired) electrons. The quantitative estimate of drug-likeness (QED) is 0.581. The predicted octanol–water partition coefficient (Wildman–Crippen LogP) is 4.63. The van der Waals surface area contributed by atoms with Crippen LogP contribution in [-0.4, -0.2) is 50.5 Å². The highest BCUT2D eigenvalue weighted by molar-refractivity contribution is 7.80. The molecular formula is C23H30ClN3O3S. The van der Waals surface area contributed by atoms with Crippen LogP contribution in [0, 0.1) is 6.92 Å². The Balaban J connectivity index is 1.53. The molecule has 0 aromatic heterocycles. The van der Waals surface area contributed by atoms with Crippen molar-refractivity contribution in [2.75, 3.05) is 39.7 Å². The normalized spacial score (nSPS) is 14.7. The molecule has 168 valence electrons. The van der Waals surface area contributed by atoms with Crippen LogP contribution in [0.5, 0.6) is 17.2 Å². The summed E-state index contributed by atoms with van der Waals surface area (Å²) in [5.41, 5.74) is 2.99. The summed E-state index contributed by atoms with van der Waals surface area (Å²) in [6.45, 7) is 4.75. The lowest BCUT2D eigenvalue weighted by Gasteiger charge is -2.33. The van der Waals surface area contributed by atoms with E-state index in [4.69, 9.17) is 38.0 Å². The summed E-state index contributed by atoms with van der Waals surface area (Å²) in [6, 6.07) is 10.2. The van der Waals surface area contributed by atoms with Crippen molar-refractivity contribution in [3.8, 4) is 17.2 Å². The van der Waals surface area contributed by atoms with Crippen LogP contribution in [0.15, 0.2) is 30.3 Å². The zero-order valence-electron chi connectivity index (χ0n) is 18.5. The van der Waals surface area contributed by atoms with E-state index in [1.165, 1.54) is 0 Å². The molecule has 0 unspecified atom stereocenters. The number of anilines is 1. The molecule has 2 N–H and O–H groups in total. The second-order valence-electron chi connectivity index (χ2n) is 7.62. The molecule has 0 atom stereocenters. The van der Waals surface area contributed by atoms with Crippen molar-refractivity contribution in [3.63, 3.8) is 0 Å². The second kappa shape index (κ2) is 10.9. The van der Waals surface area contributed by atoms with Crippen molar-refractivity contribution >= 4 is 34.6 Å². The number of methoxy groups -OCH3 is 3. The summed E-state index contributed by atoms with van der Waals surface area (Å²) in [4.78, 5) is 2.42. The zero-order chi connectivity index (χ0) is 22.4. The third-order valence-electron chi connectivity index (χ3n) is 5.49. The molecule has 2 aromatic rings. The lowest BCUT2D eigenvalue weighted by Crippen LogP contribution is -2.45. The molecular weight excluding hydrogens is 434 g/mol. The molecule has 0 spiro atoms. The molecule has 0 bridgehead atoms. The molecule has 3 rings (SSSR count). The van der Waals surface area contributed by atoms with E-state index < -0.39 is 0 Å². The molecule has 2 aromatic carbocycles. The largest absolute Gasteiger partial charge is 0.493 e. The van der Waals surface area contributed by atoms with Crippen LogP contribution in [0.4, 0.5) is 5.69 Å². The van der Waals surface area contributed by atoms with E-state index in [0.29, 0.717) is 33.4 Å². The molecule has 1 fully saturated rings. The molecule has 8 heteroatoms. The van der Waals surface area contributed by atoms with Crippen molar-refractivity contribution in [2.45, 2.75) is 32.4 Å². The first-order chi connectivity index (χ1) is 14.9. The van der Waals surface area contributed by atoms with Gasteiger partial charge in [0.2, 0.25) is 5.75 Å². The minimum atomic E-state index is 0.333. The second-order valence-corrected chi connectivity index (χ2v) is 8.41. The molecule has 1 aliphatic rings. The van der Waals surface area contributed by atoms with Crippen molar-refractivity contribution in [2.24, 2.45) is 0 Å². The highest BCUT2D eigenvalue weighted by Crippen LogP contribution is 2.38. The minimum Gasteiger partial charge on any atom is -0.493 e. The number of piperidine rings is 1. The first-order valence-electron chi connectivity index (χ1n) is 10.3. The Morgan fingerprint density at radius 3 is 2.32 bits per heavy atom. The van der Waals surface area contributed by atoms with E-state index in [-0.39, 0.29) is 0 Å². The maximum Gasteiger partial charge on any atom is 0.203 e. The van der Waals surface area contributed by atoms with Crippen molar-refractivity contribution in [1.82, 2.24) is 10.2 Å². The van der Waals surface area contributed by atoms with Crippen LogP contribution in [0.25, 0.3) is 0 Å². The smallest absolute Gasteiger partial charge is 0.203 e. The number of rotatable bonds is 7. The van der Waals surface area contributed by atoms with Crippen molar-refractivity contribution < 1.29 is 14.2 Å².